The lowest BCUT2D eigenvalue weighted by Gasteiger charge is -2.17. The van der Waals surface area contributed by atoms with Crippen LogP contribution in [0, 0.1) is 11.6 Å². The first-order valence-electron chi connectivity index (χ1n) is 5.57. The molecular formula is C14H12ClF2NO. The van der Waals surface area contributed by atoms with Crippen molar-refractivity contribution in [3.63, 3.8) is 0 Å². The SMILES string of the molecule is COc1ccc(F)cc1C(N)c1cccc(F)c1Cl. The summed E-state index contributed by atoms with van der Waals surface area (Å²) in [5.74, 6) is -0.585. The fourth-order valence-electron chi connectivity index (χ4n) is 1.88. The Labute approximate surface area is 114 Å². The van der Waals surface area contributed by atoms with Crippen LogP contribution in [0.1, 0.15) is 17.2 Å². The van der Waals surface area contributed by atoms with E-state index in [1.165, 1.54) is 37.4 Å². The van der Waals surface area contributed by atoms with Gasteiger partial charge in [-0.3, -0.25) is 0 Å². The van der Waals surface area contributed by atoms with Gasteiger partial charge in [-0.2, -0.15) is 0 Å². The summed E-state index contributed by atoms with van der Waals surface area (Å²) in [6.07, 6.45) is 0. The first kappa shape index (κ1) is 13.8. The van der Waals surface area contributed by atoms with Gasteiger partial charge < -0.3 is 10.5 Å². The smallest absolute Gasteiger partial charge is 0.142 e. The van der Waals surface area contributed by atoms with Crippen LogP contribution in [0.4, 0.5) is 8.78 Å². The van der Waals surface area contributed by atoms with E-state index in [-0.39, 0.29) is 5.02 Å². The average Bonchev–Trinajstić information content (AvgIpc) is 2.41. The molecule has 1 unspecified atom stereocenters. The Morgan fingerprint density at radius 2 is 1.89 bits per heavy atom. The van der Waals surface area contributed by atoms with Crippen LogP contribution in [0.25, 0.3) is 0 Å². The Hall–Kier alpha value is -1.65. The van der Waals surface area contributed by atoms with E-state index in [1.807, 2.05) is 0 Å². The molecule has 1 atom stereocenters. The Morgan fingerprint density at radius 1 is 1.16 bits per heavy atom. The molecule has 0 aliphatic carbocycles. The maximum atomic E-state index is 13.4. The number of methoxy groups -OCH3 is 1. The standard InChI is InChI=1S/C14H12ClF2NO/c1-19-12-6-5-8(16)7-10(12)14(18)9-3-2-4-11(17)13(9)15/h2-7,14H,18H2,1H3. The van der Waals surface area contributed by atoms with E-state index < -0.39 is 17.7 Å². The van der Waals surface area contributed by atoms with E-state index in [0.29, 0.717) is 16.9 Å². The summed E-state index contributed by atoms with van der Waals surface area (Å²) in [7, 11) is 1.46. The molecule has 0 spiro atoms. The Morgan fingerprint density at radius 3 is 2.58 bits per heavy atom. The Bertz CT molecular complexity index is 604. The number of ether oxygens (including phenoxy) is 1. The number of halogens is 3. The number of hydrogen-bond acceptors (Lipinski definition) is 2. The van der Waals surface area contributed by atoms with Crippen molar-refractivity contribution in [2.45, 2.75) is 6.04 Å². The molecule has 2 aromatic rings. The third-order valence-corrected chi connectivity index (χ3v) is 3.24. The fourth-order valence-corrected chi connectivity index (χ4v) is 2.12. The van der Waals surface area contributed by atoms with Gasteiger partial charge in [-0.05, 0) is 29.8 Å². The van der Waals surface area contributed by atoms with Crippen LogP contribution < -0.4 is 10.5 Å². The van der Waals surface area contributed by atoms with Crippen molar-refractivity contribution in [2.24, 2.45) is 5.73 Å². The van der Waals surface area contributed by atoms with Gasteiger partial charge >= 0.3 is 0 Å². The zero-order valence-corrected chi connectivity index (χ0v) is 10.9. The van der Waals surface area contributed by atoms with Crippen LogP contribution in [0.3, 0.4) is 0 Å². The third-order valence-electron chi connectivity index (χ3n) is 2.84. The summed E-state index contributed by atoms with van der Waals surface area (Å²) >= 11 is 5.88. The monoisotopic (exact) mass is 283 g/mol. The maximum Gasteiger partial charge on any atom is 0.142 e. The summed E-state index contributed by atoms with van der Waals surface area (Å²) < 4.78 is 31.9. The molecule has 0 aliphatic heterocycles. The predicted molar refractivity (Wildman–Crippen MR) is 70.4 cm³/mol. The van der Waals surface area contributed by atoms with Crippen molar-refractivity contribution in [1.29, 1.82) is 0 Å². The minimum absolute atomic E-state index is 0.0682. The quantitative estimate of drug-likeness (QED) is 0.933. The molecule has 19 heavy (non-hydrogen) atoms. The van der Waals surface area contributed by atoms with Gasteiger partial charge in [0.1, 0.15) is 17.4 Å². The van der Waals surface area contributed by atoms with Gasteiger partial charge in [0, 0.05) is 5.56 Å². The van der Waals surface area contributed by atoms with E-state index in [2.05, 4.69) is 0 Å². The molecule has 0 saturated carbocycles. The highest BCUT2D eigenvalue weighted by Gasteiger charge is 2.19. The maximum absolute atomic E-state index is 13.4. The van der Waals surface area contributed by atoms with E-state index in [1.54, 1.807) is 6.07 Å². The molecule has 2 aromatic carbocycles. The van der Waals surface area contributed by atoms with Crippen molar-refractivity contribution < 1.29 is 13.5 Å². The van der Waals surface area contributed by atoms with Crippen LogP contribution in [0.5, 0.6) is 5.75 Å². The summed E-state index contributed by atoms with van der Waals surface area (Å²) in [6, 6.07) is 7.56. The van der Waals surface area contributed by atoms with Crippen molar-refractivity contribution in [2.75, 3.05) is 7.11 Å². The first-order valence-corrected chi connectivity index (χ1v) is 5.95. The topological polar surface area (TPSA) is 35.2 Å². The Balaban J connectivity index is 2.52. The summed E-state index contributed by atoms with van der Waals surface area (Å²) in [6.45, 7) is 0. The van der Waals surface area contributed by atoms with E-state index in [4.69, 9.17) is 22.1 Å². The summed E-state index contributed by atoms with van der Waals surface area (Å²) in [5.41, 5.74) is 6.83. The van der Waals surface area contributed by atoms with Crippen LogP contribution in [-0.2, 0) is 0 Å². The molecule has 2 N–H and O–H groups in total. The molecule has 5 heteroatoms. The molecule has 0 aliphatic rings. The summed E-state index contributed by atoms with van der Waals surface area (Å²) in [4.78, 5) is 0. The molecule has 0 heterocycles. The second kappa shape index (κ2) is 5.55. The molecule has 2 rings (SSSR count). The molecule has 0 radical (unpaired) electrons. The van der Waals surface area contributed by atoms with Gasteiger partial charge in [-0.15, -0.1) is 0 Å². The third kappa shape index (κ3) is 2.69. The number of rotatable bonds is 3. The zero-order valence-electron chi connectivity index (χ0n) is 10.2. The number of hydrogen-bond donors (Lipinski definition) is 1. The van der Waals surface area contributed by atoms with Gasteiger partial charge in [0.2, 0.25) is 0 Å². The average molecular weight is 284 g/mol. The van der Waals surface area contributed by atoms with Gasteiger partial charge in [0.15, 0.2) is 0 Å². The van der Waals surface area contributed by atoms with Crippen molar-refractivity contribution in [3.8, 4) is 5.75 Å². The van der Waals surface area contributed by atoms with E-state index >= 15 is 0 Å². The van der Waals surface area contributed by atoms with Gasteiger partial charge in [-0.25, -0.2) is 8.78 Å². The highest BCUT2D eigenvalue weighted by Crippen LogP contribution is 2.33. The zero-order chi connectivity index (χ0) is 14.0. The highest BCUT2D eigenvalue weighted by molar-refractivity contribution is 6.31. The molecule has 2 nitrogen and oxygen atoms in total. The second-order valence-corrected chi connectivity index (χ2v) is 4.38. The lowest BCUT2D eigenvalue weighted by atomic mass is 9.98. The van der Waals surface area contributed by atoms with Gasteiger partial charge in [0.25, 0.3) is 0 Å². The van der Waals surface area contributed by atoms with Crippen LogP contribution in [0.2, 0.25) is 5.02 Å². The van der Waals surface area contributed by atoms with Gasteiger partial charge in [-0.1, -0.05) is 23.7 Å². The van der Waals surface area contributed by atoms with Crippen molar-refractivity contribution >= 4 is 11.6 Å². The molecule has 0 fully saturated rings. The normalized spacial score (nSPS) is 12.3. The van der Waals surface area contributed by atoms with Gasteiger partial charge in [0.05, 0.1) is 18.2 Å². The molecule has 100 valence electrons. The largest absolute Gasteiger partial charge is 0.496 e. The minimum Gasteiger partial charge on any atom is -0.496 e. The molecular weight excluding hydrogens is 272 g/mol. The minimum atomic E-state index is -0.770. The molecule has 0 saturated heterocycles. The molecule has 0 aromatic heterocycles. The number of benzene rings is 2. The molecule has 0 bridgehead atoms. The van der Waals surface area contributed by atoms with Crippen LogP contribution in [-0.4, -0.2) is 7.11 Å². The lowest BCUT2D eigenvalue weighted by molar-refractivity contribution is 0.406. The predicted octanol–water partition coefficient (Wildman–Crippen LogP) is 3.67. The van der Waals surface area contributed by atoms with Crippen LogP contribution in [0.15, 0.2) is 36.4 Å². The number of nitrogens with two attached hydrogens (primary N) is 1. The van der Waals surface area contributed by atoms with E-state index in [0.717, 1.165) is 0 Å². The lowest BCUT2D eigenvalue weighted by Crippen LogP contribution is -2.14. The first-order chi connectivity index (χ1) is 9.04. The second-order valence-electron chi connectivity index (χ2n) is 4.01. The van der Waals surface area contributed by atoms with Crippen LogP contribution >= 0.6 is 11.6 Å². The fraction of sp³-hybridized carbons (Fsp3) is 0.143. The summed E-state index contributed by atoms with van der Waals surface area (Å²) in [5, 5.41) is -0.0682. The van der Waals surface area contributed by atoms with Crippen molar-refractivity contribution in [1.82, 2.24) is 0 Å². The highest BCUT2D eigenvalue weighted by atomic mass is 35.5. The van der Waals surface area contributed by atoms with Crippen molar-refractivity contribution in [3.05, 3.63) is 64.2 Å². The Kier molecular flexibility index (Phi) is 4.02. The molecule has 0 amide bonds. The van der Waals surface area contributed by atoms with E-state index in [9.17, 15) is 8.78 Å².